The molecule has 0 radical (unpaired) electrons. The number of aromatic nitrogens is 5. The van der Waals surface area contributed by atoms with Gasteiger partial charge in [-0.25, -0.2) is 4.68 Å². The number of rotatable bonds is 3. The van der Waals surface area contributed by atoms with Crippen LogP contribution in [0.3, 0.4) is 0 Å². The maximum absolute atomic E-state index is 12.8. The van der Waals surface area contributed by atoms with Crippen LogP contribution in [0.15, 0.2) is 30.6 Å². The smallest absolute Gasteiger partial charge is 0.274 e. The fourth-order valence-electron chi connectivity index (χ4n) is 5.29. The quantitative estimate of drug-likeness (QED) is 0.576. The Morgan fingerprint density at radius 1 is 1.17 bits per heavy atom. The second-order valence-corrected chi connectivity index (χ2v) is 9.96. The summed E-state index contributed by atoms with van der Waals surface area (Å²) in [6.45, 7) is 8.07. The summed E-state index contributed by atoms with van der Waals surface area (Å²) in [7, 11) is 0. The van der Waals surface area contributed by atoms with Crippen molar-refractivity contribution < 1.29 is 4.79 Å². The standard InChI is InChI=1S/C25H27N9O/c1-17-10-21(24(35)32-15-25(2,14-26)16-32)29-30-23(17)31-9-5-20-18(13-31)11-19(12-27-20)33-7-3-8-34-22(33)4-6-28-34/h4,6,10-12H,3,5,7-9,13,15-16H2,1-2H3. The lowest BCUT2D eigenvalue weighted by Gasteiger charge is -2.43. The van der Waals surface area contributed by atoms with Crippen LogP contribution in [0.1, 0.15) is 40.7 Å². The molecule has 0 aromatic carbocycles. The third-order valence-electron chi connectivity index (χ3n) is 7.17. The molecule has 3 aromatic heterocycles. The molecular weight excluding hydrogens is 442 g/mol. The van der Waals surface area contributed by atoms with Gasteiger partial charge in [0.1, 0.15) is 5.82 Å². The largest absolute Gasteiger partial charge is 0.350 e. The van der Waals surface area contributed by atoms with Crippen LogP contribution in [0.5, 0.6) is 0 Å². The highest BCUT2D eigenvalue weighted by Crippen LogP contribution is 2.33. The molecule has 35 heavy (non-hydrogen) atoms. The van der Waals surface area contributed by atoms with Crippen molar-refractivity contribution in [1.82, 2.24) is 29.9 Å². The van der Waals surface area contributed by atoms with E-state index in [2.05, 4.69) is 37.2 Å². The maximum atomic E-state index is 12.8. The Kier molecular flexibility index (Phi) is 4.95. The zero-order valence-corrected chi connectivity index (χ0v) is 20.0. The van der Waals surface area contributed by atoms with E-state index < -0.39 is 5.41 Å². The molecule has 0 aliphatic carbocycles. The first-order valence-corrected chi connectivity index (χ1v) is 12.0. The van der Waals surface area contributed by atoms with Crippen LogP contribution in [0.25, 0.3) is 0 Å². The summed E-state index contributed by atoms with van der Waals surface area (Å²) in [6.07, 6.45) is 5.69. The highest BCUT2D eigenvalue weighted by molar-refractivity contribution is 5.93. The predicted molar refractivity (Wildman–Crippen MR) is 129 cm³/mol. The molecule has 178 valence electrons. The summed E-state index contributed by atoms with van der Waals surface area (Å²) in [5.74, 6) is 1.72. The number of fused-ring (bicyclic) bond motifs is 2. The molecular formula is C25H27N9O. The van der Waals surface area contributed by atoms with Crippen LogP contribution >= 0.6 is 0 Å². The third-order valence-corrected chi connectivity index (χ3v) is 7.17. The van der Waals surface area contributed by atoms with Crippen molar-refractivity contribution in [2.24, 2.45) is 5.41 Å². The van der Waals surface area contributed by atoms with Gasteiger partial charge in [-0.05, 0) is 43.5 Å². The van der Waals surface area contributed by atoms with Crippen molar-refractivity contribution in [3.8, 4) is 6.07 Å². The van der Waals surface area contributed by atoms with Gasteiger partial charge in [-0.2, -0.15) is 10.4 Å². The number of likely N-dealkylation sites (tertiary alicyclic amines) is 1. The molecule has 3 aliphatic heterocycles. The van der Waals surface area contributed by atoms with Gasteiger partial charge in [0.15, 0.2) is 11.5 Å². The summed E-state index contributed by atoms with van der Waals surface area (Å²) in [4.78, 5) is 23.7. The van der Waals surface area contributed by atoms with Crippen molar-refractivity contribution in [1.29, 1.82) is 5.26 Å². The average Bonchev–Trinajstić information content (AvgIpc) is 3.35. The minimum absolute atomic E-state index is 0.168. The molecule has 0 bridgehead atoms. The summed E-state index contributed by atoms with van der Waals surface area (Å²) < 4.78 is 2.04. The number of nitriles is 1. The zero-order chi connectivity index (χ0) is 24.2. The second-order valence-electron chi connectivity index (χ2n) is 9.96. The van der Waals surface area contributed by atoms with Crippen LogP contribution in [0.2, 0.25) is 0 Å². The summed E-state index contributed by atoms with van der Waals surface area (Å²) in [6, 6.07) is 8.36. The monoisotopic (exact) mass is 469 g/mol. The number of aryl methyl sites for hydroxylation is 2. The Balaban J connectivity index is 1.21. The van der Waals surface area contributed by atoms with Crippen molar-refractivity contribution in [3.63, 3.8) is 0 Å². The van der Waals surface area contributed by atoms with Crippen molar-refractivity contribution >= 4 is 23.2 Å². The van der Waals surface area contributed by atoms with Gasteiger partial charge in [0.2, 0.25) is 0 Å². The van der Waals surface area contributed by atoms with Gasteiger partial charge in [-0.15, -0.1) is 10.2 Å². The zero-order valence-electron chi connectivity index (χ0n) is 20.0. The number of hydrogen-bond acceptors (Lipinski definition) is 8. The molecule has 0 spiro atoms. The van der Waals surface area contributed by atoms with E-state index in [9.17, 15) is 10.1 Å². The van der Waals surface area contributed by atoms with Gasteiger partial charge >= 0.3 is 0 Å². The van der Waals surface area contributed by atoms with Crippen molar-refractivity contribution in [2.75, 3.05) is 36.0 Å². The molecule has 1 saturated heterocycles. The van der Waals surface area contributed by atoms with E-state index in [0.29, 0.717) is 25.3 Å². The topological polar surface area (TPSA) is 107 Å². The molecule has 0 N–H and O–H groups in total. The van der Waals surface area contributed by atoms with Crippen LogP contribution in [-0.2, 0) is 19.5 Å². The molecule has 10 nitrogen and oxygen atoms in total. The van der Waals surface area contributed by atoms with E-state index in [-0.39, 0.29) is 5.91 Å². The first-order valence-electron chi connectivity index (χ1n) is 12.0. The Morgan fingerprint density at radius 2 is 2.03 bits per heavy atom. The number of carbonyl (C=O) groups is 1. The lowest BCUT2D eigenvalue weighted by Crippen LogP contribution is -2.56. The molecule has 0 saturated carbocycles. The molecule has 0 atom stereocenters. The van der Waals surface area contributed by atoms with Crippen LogP contribution < -0.4 is 9.80 Å². The van der Waals surface area contributed by atoms with E-state index in [1.807, 2.05) is 43.1 Å². The first-order chi connectivity index (χ1) is 16.9. The fourth-order valence-corrected chi connectivity index (χ4v) is 5.29. The highest BCUT2D eigenvalue weighted by Gasteiger charge is 2.42. The van der Waals surface area contributed by atoms with Gasteiger partial charge in [-0.1, -0.05) is 0 Å². The Hall–Kier alpha value is -4.00. The Morgan fingerprint density at radius 3 is 2.83 bits per heavy atom. The lowest BCUT2D eigenvalue weighted by molar-refractivity contribution is 0.0361. The lowest BCUT2D eigenvalue weighted by atomic mass is 9.83. The fraction of sp³-hybridized carbons (Fsp3) is 0.440. The third kappa shape index (κ3) is 3.67. The van der Waals surface area contributed by atoms with Crippen LogP contribution in [-0.4, -0.2) is 61.9 Å². The predicted octanol–water partition coefficient (Wildman–Crippen LogP) is 2.47. The highest BCUT2D eigenvalue weighted by atomic mass is 16.2. The number of anilines is 3. The van der Waals surface area contributed by atoms with Gasteiger partial charge in [-0.3, -0.25) is 9.78 Å². The molecule has 6 rings (SSSR count). The normalized spacial score (nSPS) is 18.4. The first kappa shape index (κ1) is 21.5. The Bertz CT molecular complexity index is 1350. The van der Waals surface area contributed by atoms with E-state index in [4.69, 9.17) is 4.98 Å². The van der Waals surface area contributed by atoms with Gasteiger partial charge < -0.3 is 14.7 Å². The van der Waals surface area contributed by atoms with Gasteiger partial charge in [0, 0.05) is 57.4 Å². The minimum atomic E-state index is -0.458. The van der Waals surface area contributed by atoms with Gasteiger partial charge in [0.25, 0.3) is 5.91 Å². The SMILES string of the molecule is Cc1cc(C(=O)N2CC(C)(C#N)C2)nnc1N1CCc2ncc(N3CCCn4nccc43)cc2C1. The number of hydrogen-bond donors (Lipinski definition) is 0. The number of amides is 1. The van der Waals surface area contributed by atoms with Crippen LogP contribution in [0.4, 0.5) is 17.3 Å². The van der Waals surface area contributed by atoms with Gasteiger partial charge in [0.05, 0.1) is 29.6 Å². The molecule has 1 fully saturated rings. The summed E-state index contributed by atoms with van der Waals surface area (Å²) in [5.41, 5.74) is 4.16. The minimum Gasteiger partial charge on any atom is -0.350 e. The van der Waals surface area contributed by atoms with E-state index >= 15 is 0 Å². The molecule has 1 amide bonds. The number of carbonyl (C=O) groups excluding carboxylic acids is 1. The average molecular weight is 470 g/mol. The number of nitrogens with zero attached hydrogens (tertiary/aromatic N) is 9. The van der Waals surface area contributed by atoms with Crippen molar-refractivity contribution in [2.45, 2.75) is 39.8 Å². The molecule has 3 aromatic rings. The summed E-state index contributed by atoms with van der Waals surface area (Å²) >= 11 is 0. The maximum Gasteiger partial charge on any atom is 0.274 e. The van der Waals surface area contributed by atoms with E-state index in [0.717, 1.165) is 61.1 Å². The molecule has 0 unspecified atom stereocenters. The molecule has 6 heterocycles. The second kappa shape index (κ2) is 8.05. The Labute approximate surface area is 203 Å². The van der Waals surface area contributed by atoms with Crippen LogP contribution in [0, 0.1) is 23.7 Å². The molecule has 10 heteroatoms. The van der Waals surface area contributed by atoms with E-state index in [1.165, 1.54) is 5.56 Å². The van der Waals surface area contributed by atoms with Crippen molar-refractivity contribution in [3.05, 3.63) is 53.1 Å². The summed E-state index contributed by atoms with van der Waals surface area (Å²) in [5, 5.41) is 22.3. The number of pyridine rings is 1. The molecule has 3 aliphatic rings. The van der Waals surface area contributed by atoms with E-state index in [1.54, 1.807) is 4.90 Å².